The first kappa shape index (κ1) is 17.1. The molecule has 2 aromatic carbocycles. The highest BCUT2D eigenvalue weighted by molar-refractivity contribution is 7.99. The van der Waals surface area contributed by atoms with E-state index < -0.39 is 0 Å². The third kappa shape index (κ3) is 5.79. The van der Waals surface area contributed by atoms with E-state index in [0.717, 1.165) is 11.3 Å². The Labute approximate surface area is 140 Å². The quantitative estimate of drug-likeness (QED) is 0.769. The number of nitrogens with one attached hydrogen (secondary N) is 2. The summed E-state index contributed by atoms with van der Waals surface area (Å²) in [5, 5.41) is 5.47. The van der Waals surface area contributed by atoms with Crippen LogP contribution in [-0.4, -0.2) is 24.6 Å². The fourth-order valence-electron chi connectivity index (χ4n) is 1.99. The van der Waals surface area contributed by atoms with E-state index in [1.165, 1.54) is 4.90 Å². The zero-order valence-electron chi connectivity index (χ0n) is 13.0. The number of carbonyl (C=O) groups is 2. The standard InChI is InChI=1S/C18H20N2O2S/c1-19-18(22)15-9-7-14(8-10-15)13-20-17(21)11-12-23-16-5-3-2-4-6-16/h2-10H,11-13H2,1H3,(H,19,22)(H,20,21). The van der Waals surface area contributed by atoms with Crippen LogP contribution in [0.4, 0.5) is 0 Å². The molecule has 2 rings (SSSR count). The highest BCUT2D eigenvalue weighted by Gasteiger charge is 2.04. The zero-order valence-corrected chi connectivity index (χ0v) is 13.9. The maximum atomic E-state index is 11.8. The minimum Gasteiger partial charge on any atom is -0.355 e. The molecule has 0 saturated carbocycles. The maximum Gasteiger partial charge on any atom is 0.251 e. The molecule has 0 radical (unpaired) electrons. The molecule has 23 heavy (non-hydrogen) atoms. The van der Waals surface area contributed by atoms with Gasteiger partial charge in [0.25, 0.3) is 5.91 Å². The van der Waals surface area contributed by atoms with Crippen molar-refractivity contribution >= 4 is 23.6 Å². The van der Waals surface area contributed by atoms with Gasteiger partial charge in [-0.15, -0.1) is 11.8 Å². The Balaban J connectivity index is 1.70. The van der Waals surface area contributed by atoms with Crippen molar-refractivity contribution in [2.75, 3.05) is 12.8 Å². The monoisotopic (exact) mass is 328 g/mol. The average Bonchev–Trinajstić information content (AvgIpc) is 2.60. The van der Waals surface area contributed by atoms with Crippen LogP contribution in [0.25, 0.3) is 0 Å². The van der Waals surface area contributed by atoms with Gasteiger partial charge in [0.2, 0.25) is 5.91 Å². The number of carbonyl (C=O) groups excluding carboxylic acids is 2. The summed E-state index contributed by atoms with van der Waals surface area (Å²) in [4.78, 5) is 24.5. The van der Waals surface area contributed by atoms with Crippen molar-refractivity contribution in [1.29, 1.82) is 0 Å². The SMILES string of the molecule is CNC(=O)c1ccc(CNC(=O)CCSc2ccccc2)cc1. The lowest BCUT2D eigenvalue weighted by Gasteiger charge is -2.06. The van der Waals surface area contributed by atoms with E-state index in [1.54, 1.807) is 30.9 Å². The van der Waals surface area contributed by atoms with Gasteiger partial charge >= 0.3 is 0 Å². The summed E-state index contributed by atoms with van der Waals surface area (Å²) in [5.41, 5.74) is 1.59. The Morgan fingerprint density at radius 3 is 2.35 bits per heavy atom. The first-order valence-corrected chi connectivity index (χ1v) is 8.43. The minimum absolute atomic E-state index is 0.0313. The van der Waals surface area contributed by atoms with Gasteiger partial charge in [-0.2, -0.15) is 0 Å². The Morgan fingerprint density at radius 1 is 1.00 bits per heavy atom. The van der Waals surface area contributed by atoms with Crippen molar-refractivity contribution in [2.45, 2.75) is 17.9 Å². The molecule has 0 aliphatic rings. The van der Waals surface area contributed by atoms with E-state index in [9.17, 15) is 9.59 Å². The van der Waals surface area contributed by atoms with Gasteiger partial charge < -0.3 is 10.6 Å². The summed E-state index contributed by atoms with van der Waals surface area (Å²) in [5.74, 6) is 0.674. The first-order valence-electron chi connectivity index (χ1n) is 7.44. The number of hydrogen-bond donors (Lipinski definition) is 2. The van der Waals surface area contributed by atoms with Gasteiger partial charge in [-0.25, -0.2) is 0 Å². The highest BCUT2D eigenvalue weighted by atomic mass is 32.2. The van der Waals surface area contributed by atoms with Crippen LogP contribution in [0.5, 0.6) is 0 Å². The predicted molar refractivity (Wildman–Crippen MR) is 93.5 cm³/mol. The van der Waals surface area contributed by atoms with Crippen LogP contribution in [0.15, 0.2) is 59.5 Å². The molecule has 2 amide bonds. The Bertz CT molecular complexity index is 642. The maximum absolute atomic E-state index is 11.8. The van der Waals surface area contributed by atoms with Crippen LogP contribution in [0.3, 0.4) is 0 Å². The van der Waals surface area contributed by atoms with Crippen molar-refractivity contribution in [3.63, 3.8) is 0 Å². The normalized spacial score (nSPS) is 10.1. The lowest BCUT2D eigenvalue weighted by molar-refractivity contribution is -0.120. The van der Waals surface area contributed by atoms with Crippen LogP contribution < -0.4 is 10.6 Å². The largest absolute Gasteiger partial charge is 0.355 e. The molecule has 0 unspecified atom stereocenters. The fraction of sp³-hybridized carbons (Fsp3) is 0.222. The molecule has 0 aliphatic carbocycles. The second-order valence-electron chi connectivity index (χ2n) is 4.96. The van der Waals surface area contributed by atoms with Crippen molar-refractivity contribution in [3.8, 4) is 0 Å². The lowest BCUT2D eigenvalue weighted by atomic mass is 10.1. The second kappa shape index (κ2) is 9.00. The molecule has 0 bridgehead atoms. The van der Waals surface area contributed by atoms with Crippen LogP contribution in [0, 0.1) is 0 Å². The Hall–Kier alpha value is -2.27. The van der Waals surface area contributed by atoms with E-state index >= 15 is 0 Å². The Morgan fingerprint density at radius 2 is 1.70 bits per heavy atom. The molecule has 0 atom stereocenters. The molecule has 0 saturated heterocycles. The molecule has 0 aliphatic heterocycles. The van der Waals surface area contributed by atoms with E-state index in [0.29, 0.717) is 18.5 Å². The molecule has 5 heteroatoms. The van der Waals surface area contributed by atoms with Gasteiger partial charge in [0.15, 0.2) is 0 Å². The average molecular weight is 328 g/mol. The molecule has 2 N–H and O–H groups in total. The third-order valence-electron chi connectivity index (χ3n) is 3.27. The fourth-order valence-corrected chi connectivity index (χ4v) is 2.86. The molecule has 2 aromatic rings. The number of hydrogen-bond acceptors (Lipinski definition) is 3. The molecular weight excluding hydrogens is 308 g/mol. The number of thioether (sulfide) groups is 1. The minimum atomic E-state index is -0.112. The first-order chi connectivity index (χ1) is 11.2. The van der Waals surface area contributed by atoms with Crippen LogP contribution >= 0.6 is 11.8 Å². The van der Waals surface area contributed by atoms with Gasteiger partial charge in [0, 0.05) is 36.2 Å². The molecular formula is C18H20N2O2S. The molecule has 0 aromatic heterocycles. The van der Waals surface area contributed by atoms with Crippen LogP contribution in [0.2, 0.25) is 0 Å². The Kier molecular flexibility index (Phi) is 6.69. The number of rotatable bonds is 7. The summed E-state index contributed by atoms with van der Waals surface area (Å²) in [6, 6.07) is 17.2. The van der Waals surface area contributed by atoms with Gasteiger partial charge in [0.05, 0.1) is 0 Å². The van der Waals surface area contributed by atoms with E-state index in [2.05, 4.69) is 10.6 Å². The van der Waals surface area contributed by atoms with Crippen molar-refractivity contribution in [3.05, 3.63) is 65.7 Å². The van der Waals surface area contributed by atoms with Gasteiger partial charge in [-0.3, -0.25) is 9.59 Å². The third-order valence-corrected chi connectivity index (χ3v) is 4.29. The van der Waals surface area contributed by atoms with E-state index in [-0.39, 0.29) is 11.8 Å². The van der Waals surface area contributed by atoms with Crippen LogP contribution in [0.1, 0.15) is 22.3 Å². The smallest absolute Gasteiger partial charge is 0.251 e. The predicted octanol–water partition coefficient (Wildman–Crippen LogP) is 2.84. The van der Waals surface area contributed by atoms with E-state index in [1.807, 2.05) is 42.5 Å². The van der Waals surface area contributed by atoms with Gasteiger partial charge in [-0.1, -0.05) is 30.3 Å². The summed E-state index contributed by atoms with van der Waals surface area (Å²) >= 11 is 1.67. The van der Waals surface area contributed by atoms with E-state index in [4.69, 9.17) is 0 Å². The summed E-state index contributed by atoms with van der Waals surface area (Å²) < 4.78 is 0. The molecule has 0 heterocycles. The van der Waals surface area contributed by atoms with Gasteiger partial charge in [0.1, 0.15) is 0 Å². The summed E-state index contributed by atoms with van der Waals surface area (Å²) in [7, 11) is 1.60. The molecule has 120 valence electrons. The molecule has 4 nitrogen and oxygen atoms in total. The molecule has 0 spiro atoms. The van der Waals surface area contributed by atoms with Gasteiger partial charge in [-0.05, 0) is 29.8 Å². The van der Waals surface area contributed by atoms with Crippen molar-refractivity contribution < 1.29 is 9.59 Å². The van der Waals surface area contributed by atoms with Crippen LogP contribution in [-0.2, 0) is 11.3 Å². The zero-order chi connectivity index (χ0) is 16.5. The van der Waals surface area contributed by atoms with Crippen molar-refractivity contribution in [1.82, 2.24) is 10.6 Å². The lowest BCUT2D eigenvalue weighted by Crippen LogP contribution is -2.23. The summed E-state index contributed by atoms with van der Waals surface area (Å²) in [6.07, 6.45) is 0.482. The summed E-state index contributed by atoms with van der Waals surface area (Å²) in [6.45, 7) is 0.475. The van der Waals surface area contributed by atoms with Crippen molar-refractivity contribution in [2.24, 2.45) is 0 Å². The topological polar surface area (TPSA) is 58.2 Å². The number of amides is 2. The molecule has 0 fully saturated rings. The second-order valence-corrected chi connectivity index (χ2v) is 6.13. The number of benzene rings is 2. The highest BCUT2D eigenvalue weighted by Crippen LogP contribution is 2.17.